The van der Waals surface area contributed by atoms with Crippen LogP contribution >= 0.6 is 0 Å². The van der Waals surface area contributed by atoms with E-state index in [4.69, 9.17) is 19.2 Å². The molecule has 7 heavy (non-hydrogen) atoms. The van der Waals surface area contributed by atoms with Gasteiger partial charge in [0.2, 0.25) is 0 Å². The van der Waals surface area contributed by atoms with Gasteiger partial charge in [0.1, 0.15) is 0 Å². The second-order valence-electron chi connectivity index (χ2n) is 0.600. The average Bonchev–Trinajstić information content (AvgIpc) is 0.722. The van der Waals surface area contributed by atoms with Gasteiger partial charge < -0.3 is 19.2 Å². The molecule has 0 aliphatic rings. The van der Waals surface area contributed by atoms with Gasteiger partial charge in [0.25, 0.3) is 0 Å². The van der Waals surface area contributed by atoms with Crippen molar-refractivity contribution in [3.8, 4) is 0 Å². The first-order valence-corrected chi connectivity index (χ1v) is 2.68. The van der Waals surface area contributed by atoms with Crippen LogP contribution in [0.15, 0.2) is 0 Å². The summed E-state index contributed by atoms with van der Waals surface area (Å²) in [5.41, 5.74) is 0. The van der Waals surface area contributed by atoms with Gasteiger partial charge >= 0.3 is 26.6 Å². The van der Waals surface area contributed by atoms with Crippen molar-refractivity contribution < 1.29 is 19.2 Å². The molecule has 46 valence electrons. The zero-order valence-electron chi connectivity index (χ0n) is 2.29. The Morgan fingerprint density at radius 3 is 0.857 bits per heavy atom. The van der Waals surface area contributed by atoms with Gasteiger partial charge in [-0.15, -0.1) is 0 Å². The van der Waals surface area contributed by atoms with E-state index < -0.39 is 9.05 Å². The summed E-state index contributed by atoms with van der Waals surface area (Å²) in [5, 5.41) is 0. The fourth-order valence-corrected chi connectivity index (χ4v) is 0. The van der Waals surface area contributed by atoms with Crippen LogP contribution in [0, 0.1) is 0 Å². The summed E-state index contributed by atoms with van der Waals surface area (Å²) in [6.45, 7) is 0. The third-order valence-corrected chi connectivity index (χ3v) is 0. The van der Waals surface area contributed by atoms with Crippen molar-refractivity contribution in [2.75, 3.05) is 0 Å². The maximum absolute atomic E-state index is 7.33. The molecule has 0 aromatic carbocycles. The molecule has 0 aromatic heterocycles. The Bertz CT molecular complexity index is 27.2. The molecule has 0 aromatic rings. The van der Waals surface area contributed by atoms with Gasteiger partial charge in [-0.25, -0.2) is 0 Å². The Kier molecular flexibility index (Phi) is 11.8. The normalized spacial score (nSPS) is 8.57. The fourth-order valence-electron chi connectivity index (χ4n) is 0. The van der Waals surface area contributed by atoms with Crippen molar-refractivity contribution >= 4 is 44.0 Å². The molecule has 0 aliphatic carbocycles. The first-order valence-electron chi connectivity index (χ1n) is 0.894. The quantitative estimate of drug-likeness (QED) is 0.296. The van der Waals surface area contributed by atoms with Gasteiger partial charge in [-0.1, -0.05) is 0 Å². The van der Waals surface area contributed by atoms with E-state index in [1.54, 1.807) is 0 Å². The summed E-state index contributed by atoms with van der Waals surface area (Å²) in [4.78, 5) is 29.3. The molecule has 0 fully saturated rings. The molecule has 7 heteroatoms. The SMILES string of the molecule is O[Si](O)(O)O.[AlH3].[GeH4]. The standard InChI is InChI=1S/Al.GeH4.H4O4Si.3H/c;;1-5(2,3)4;;;/h;1H4;1-4H;;;. The molecule has 0 bridgehead atoms. The third kappa shape index (κ3) is 147. The first kappa shape index (κ1) is 15.7. The first-order chi connectivity index (χ1) is 2.00. The monoisotopic (exact) mass is 204 g/mol. The molecule has 0 radical (unpaired) electrons. The molecular formula is H11AlGeO4Si. The Balaban J connectivity index is -0.0000000800. The van der Waals surface area contributed by atoms with Crippen LogP contribution in [0.1, 0.15) is 0 Å². The van der Waals surface area contributed by atoms with E-state index in [-0.39, 0.29) is 35.0 Å². The molecular weight excluding hydrogens is 192 g/mol. The van der Waals surface area contributed by atoms with Gasteiger partial charge in [0.15, 0.2) is 17.4 Å². The summed E-state index contributed by atoms with van der Waals surface area (Å²) in [7, 11) is -4.61. The molecule has 0 spiro atoms. The maximum atomic E-state index is 7.33. The molecule has 4 N–H and O–H groups in total. The van der Waals surface area contributed by atoms with E-state index in [1.165, 1.54) is 0 Å². The molecule has 0 amide bonds. The molecule has 4 nitrogen and oxygen atoms in total. The van der Waals surface area contributed by atoms with Gasteiger partial charge in [-0.05, 0) is 0 Å². The van der Waals surface area contributed by atoms with E-state index in [0.717, 1.165) is 0 Å². The third-order valence-electron chi connectivity index (χ3n) is 0. The summed E-state index contributed by atoms with van der Waals surface area (Å²) in [6.07, 6.45) is 0. The Morgan fingerprint density at radius 1 is 0.857 bits per heavy atom. The Labute approximate surface area is 63.4 Å². The van der Waals surface area contributed by atoms with Crippen molar-refractivity contribution in [1.82, 2.24) is 0 Å². The van der Waals surface area contributed by atoms with E-state index in [2.05, 4.69) is 0 Å². The van der Waals surface area contributed by atoms with E-state index >= 15 is 0 Å². The van der Waals surface area contributed by atoms with Gasteiger partial charge in [0, 0.05) is 0 Å². The van der Waals surface area contributed by atoms with Crippen molar-refractivity contribution in [2.24, 2.45) is 0 Å². The van der Waals surface area contributed by atoms with Crippen LogP contribution in [-0.4, -0.2) is 63.2 Å². The van der Waals surface area contributed by atoms with E-state index in [1.807, 2.05) is 0 Å². The summed E-state index contributed by atoms with van der Waals surface area (Å²) in [6, 6.07) is 0. The molecule has 0 unspecified atom stereocenters. The van der Waals surface area contributed by atoms with E-state index in [9.17, 15) is 0 Å². The number of hydrogen-bond donors (Lipinski definition) is 4. The van der Waals surface area contributed by atoms with Crippen molar-refractivity contribution in [2.45, 2.75) is 0 Å². The Hall–Kier alpha value is 1.13. The summed E-state index contributed by atoms with van der Waals surface area (Å²) >= 11 is 0. The van der Waals surface area contributed by atoms with Crippen LogP contribution in [0.2, 0.25) is 0 Å². The number of hydrogen-bond acceptors (Lipinski definition) is 4. The van der Waals surface area contributed by atoms with E-state index in [0.29, 0.717) is 0 Å². The molecule has 0 rings (SSSR count). The van der Waals surface area contributed by atoms with Gasteiger partial charge in [-0.3, -0.25) is 0 Å². The summed E-state index contributed by atoms with van der Waals surface area (Å²) < 4.78 is 0. The van der Waals surface area contributed by atoms with Crippen LogP contribution in [0.25, 0.3) is 0 Å². The van der Waals surface area contributed by atoms with Crippen LogP contribution in [0.3, 0.4) is 0 Å². The summed E-state index contributed by atoms with van der Waals surface area (Å²) in [5.74, 6) is 0. The zero-order valence-corrected chi connectivity index (χ0v) is 3.29. The Morgan fingerprint density at radius 2 is 0.857 bits per heavy atom. The molecule has 0 saturated heterocycles. The predicted octanol–water partition coefficient (Wildman–Crippen LogP) is -5.24. The van der Waals surface area contributed by atoms with Gasteiger partial charge in [-0.2, -0.15) is 0 Å². The molecule has 0 heterocycles. The van der Waals surface area contributed by atoms with Gasteiger partial charge in [0.05, 0.1) is 0 Å². The topological polar surface area (TPSA) is 80.9 Å². The second kappa shape index (κ2) is 5.27. The minimum absolute atomic E-state index is 0. The fraction of sp³-hybridized carbons (Fsp3) is 0. The van der Waals surface area contributed by atoms with Crippen molar-refractivity contribution in [3.63, 3.8) is 0 Å². The van der Waals surface area contributed by atoms with Crippen molar-refractivity contribution in [1.29, 1.82) is 0 Å². The van der Waals surface area contributed by atoms with Crippen molar-refractivity contribution in [3.05, 3.63) is 0 Å². The van der Waals surface area contributed by atoms with Crippen LogP contribution in [0.4, 0.5) is 0 Å². The average molecular weight is 203 g/mol. The predicted molar refractivity (Wildman–Crippen MR) is 35.9 cm³/mol. The molecule has 0 saturated carbocycles. The van der Waals surface area contributed by atoms with Crippen LogP contribution < -0.4 is 0 Å². The number of rotatable bonds is 0. The second-order valence-corrected chi connectivity index (χ2v) is 1.80. The molecule has 0 aliphatic heterocycles. The minimum atomic E-state index is -4.61. The van der Waals surface area contributed by atoms with Crippen LogP contribution in [-0.2, 0) is 0 Å². The molecule has 0 atom stereocenters. The zero-order chi connectivity index (χ0) is 4.50. The van der Waals surface area contributed by atoms with Crippen LogP contribution in [0.5, 0.6) is 0 Å².